The van der Waals surface area contributed by atoms with Crippen molar-refractivity contribution >= 4 is 29.4 Å². The molecule has 0 saturated heterocycles. The first kappa shape index (κ1) is 16.0. The van der Waals surface area contributed by atoms with Gasteiger partial charge in [0.2, 0.25) is 0 Å². The molecule has 0 aliphatic carbocycles. The molecule has 6 heteroatoms. The number of nitrogens with zero attached hydrogens (tertiary/aromatic N) is 1. The molecule has 0 radical (unpaired) electrons. The molecule has 22 heavy (non-hydrogen) atoms. The minimum absolute atomic E-state index is 0.264. The van der Waals surface area contributed by atoms with Gasteiger partial charge in [0.1, 0.15) is 5.82 Å². The summed E-state index contributed by atoms with van der Waals surface area (Å²) >= 11 is 5.76. The van der Waals surface area contributed by atoms with E-state index in [1.165, 1.54) is 18.3 Å². The maximum Gasteiger partial charge on any atom is 0.265 e. The lowest BCUT2D eigenvalue weighted by Crippen LogP contribution is -2.17. The van der Waals surface area contributed by atoms with Crippen LogP contribution in [0.2, 0.25) is 5.02 Å². The van der Waals surface area contributed by atoms with Gasteiger partial charge >= 0.3 is 0 Å². The molecule has 2 rings (SSSR count). The fraction of sp³-hybridized carbons (Fsp3) is 0.125. The number of oxime groups is 1. The average molecular weight is 321 g/mol. The topological polar surface area (TPSA) is 50.7 Å². The van der Waals surface area contributed by atoms with E-state index in [-0.39, 0.29) is 6.61 Å². The summed E-state index contributed by atoms with van der Waals surface area (Å²) in [5, 5.41) is 6.88. The third-order valence-electron chi connectivity index (χ3n) is 2.82. The number of benzene rings is 2. The molecule has 0 heterocycles. The summed E-state index contributed by atoms with van der Waals surface area (Å²) in [6.07, 6.45) is 1.47. The smallest absolute Gasteiger partial charge is 0.265 e. The molecule has 1 amide bonds. The van der Waals surface area contributed by atoms with Crippen LogP contribution in [0.3, 0.4) is 0 Å². The lowest BCUT2D eigenvalue weighted by molar-refractivity contribution is -0.120. The number of anilines is 1. The first-order chi connectivity index (χ1) is 10.5. The molecule has 114 valence electrons. The van der Waals surface area contributed by atoms with Crippen LogP contribution in [-0.4, -0.2) is 18.7 Å². The van der Waals surface area contributed by atoms with E-state index >= 15 is 0 Å². The van der Waals surface area contributed by atoms with Crippen LogP contribution < -0.4 is 5.32 Å². The van der Waals surface area contributed by atoms with Gasteiger partial charge in [0, 0.05) is 10.7 Å². The highest BCUT2D eigenvalue weighted by atomic mass is 35.5. The quantitative estimate of drug-likeness (QED) is 0.673. The van der Waals surface area contributed by atoms with E-state index in [1.54, 1.807) is 37.3 Å². The Hall–Kier alpha value is -2.40. The largest absolute Gasteiger partial charge is 0.386 e. The molecule has 0 aliphatic heterocycles. The molecule has 0 bridgehead atoms. The predicted octanol–water partition coefficient (Wildman–Crippen LogP) is 3.78. The van der Waals surface area contributed by atoms with E-state index in [9.17, 15) is 9.18 Å². The van der Waals surface area contributed by atoms with Crippen LogP contribution in [0.15, 0.2) is 47.6 Å². The highest BCUT2D eigenvalue weighted by Crippen LogP contribution is 2.15. The summed E-state index contributed by atoms with van der Waals surface area (Å²) in [5.41, 5.74) is 1.97. The SMILES string of the molecule is Cc1ccc(F)cc1NC(=O)CO/N=C/c1ccc(Cl)cc1. The van der Waals surface area contributed by atoms with Crippen molar-refractivity contribution in [2.75, 3.05) is 11.9 Å². The number of nitrogens with one attached hydrogen (secondary N) is 1. The highest BCUT2D eigenvalue weighted by Gasteiger charge is 2.06. The summed E-state index contributed by atoms with van der Waals surface area (Å²) in [6, 6.07) is 11.2. The van der Waals surface area contributed by atoms with Gasteiger partial charge in [-0.2, -0.15) is 0 Å². The molecule has 4 nitrogen and oxygen atoms in total. The van der Waals surface area contributed by atoms with Crippen LogP contribution in [0.25, 0.3) is 0 Å². The standard InChI is InChI=1S/C16H14ClFN2O2/c1-11-2-7-14(18)8-15(11)20-16(21)10-22-19-9-12-3-5-13(17)6-4-12/h2-9H,10H2,1H3,(H,20,21)/b19-9+. The fourth-order valence-corrected chi connectivity index (χ4v) is 1.78. The number of rotatable bonds is 5. The van der Waals surface area contributed by atoms with E-state index in [1.807, 2.05) is 0 Å². The number of carbonyl (C=O) groups excluding carboxylic acids is 1. The number of halogens is 2. The molecule has 0 unspecified atom stereocenters. The molecule has 0 aromatic heterocycles. The Morgan fingerprint density at radius 3 is 2.77 bits per heavy atom. The zero-order valence-corrected chi connectivity index (χ0v) is 12.6. The minimum atomic E-state index is -0.415. The molecule has 0 fully saturated rings. The minimum Gasteiger partial charge on any atom is -0.386 e. The van der Waals surface area contributed by atoms with E-state index in [0.717, 1.165) is 11.1 Å². The van der Waals surface area contributed by atoms with Crippen LogP contribution >= 0.6 is 11.6 Å². The molecular formula is C16H14ClFN2O2. The zero-order chi connectivity index (χ0) is 15.9. The van der Waals surface area contributed by atoms with Gasteiger partial charge in [-0.3, -0.25) is 4.79 Å². The van der Waals surface area contributed by atoms with Crippen LogP contribution in [0.4, 0.5) is 10.1 Å². The summed E-state index contributed by atoms with van der Waals surface area (Å²) in [5.74, 6) is -0.829. The van der Waals surface area contributed by atoms with Crippen LogP contribution in [0.1, 0.15) is 11.1 Å². The maximum absolute atomic E-state index is 13.1. The molecular weight excluding hydrogens is 307 g/mol. The molecule has 2 aromatic rings. The zero-order valence-electron chi connectivity index (χ0n) is 11.8. The van der Waals surface area contributed by atoms with Gasteiger partial charge in [0.15, 0.2) is 6.61 Å². The first-order valence-corrected chi connectivity index (χ1v) is 6.89. The lowest BCUT2D eigenvalue weighted by Gasteiger charge is -2.07. The van der Waals surface area contributed by atoms with Crippen molar-refractivity contribution in [3.05, 3.63) is 64.4 Å². The fourth-order valence-electron chi connectivity index (χ4n) is 1.66. The Labute approximate surface area is 132 Å². The first-order valence-electron chi connectivity index (χ1n) is 6.51. The van der Waals surface area contributed by atoms with Crippen molar-refractivity contribution in [3.8, 4) is 0 Å². The molecule has 0 saturated carbocycles. The average Bonchev–Trinajstić information content (AvgIpc) is 2.49. The van der Waals surface area contributed by atoms with Crippen molar-refractivity contribution in [1.82, 2.24) is 0 Å². The molecule has 0 aliphatic rings. The number of aryl methyl sites for hydroxylation is 1. The molecule has 0 atom stereocenters. The van der Waals surface area contributed by atoms with Crippen molar-refractivity contribution < 1.29 is 14.0 Å². The van der Waals surface area contributed by atoms with Crippen molar-refractivity contribution in [2.24, 2.45) is 5.16 Å². The van der Waals surface area contributed by atoms with Gasteiger partial charge in [-0.15, -0.1) is 0 Å². The van der Waals surface area contributed by atoms with Gasteiger partial charge < -0.3 is 10.2 Å². The van der Waals surface area contributed by atoms with Gasteiger partial charge in [-0.25, -0.2) is 4.39 Å². The summed E-state index contributed by atoms with van der Waals surface area (Å²) in [6.45, 7) is 1.51. The number of carbonyl (C=O) groups is 1. The van der Waals surface area contributed by atoms with Crippen LogP contribution in [-0.2, 0) is 9.63 Å². The summed E-state index contributed by atoms with van der Waals surface area (Å²) in [4.78, 5) is 16.6. The van der Waals surface area contributed by atoms with Gasteiger partial charge in [0.25, 0.3) is 5.91 Å². The van der Waals surface area contributed by atoms with Crippen LogP contribution in [0, 0.1) is 12.7 Å². The second-order valence-corrected chi connectivity index (χ2v) is 5.00. The second-order valence-electron chi connectivity index (χ2n) is 4.57. The molecule has 0 spiro atoms. The van der Waals surface area contributed by atoms with E-state index in [2.05, 4.69) is 10.5 Å². The van der Waals surface area contributed by atoms with E-state index in [0.29, 0.717) is 10.7 Å². The molecule has 1 N–H and O–H groups in total. The van der Waals surface area contributed by atoms with Crippen molar-refractivity contribution in [2.45, 2.75) is 6.92 Å². The predicted molar refractivity (Wildman–Crippen MR) is 84.8 cm³/mol. The van der Waals surface area contributed by atoms with Crippen molar-refractivity contribution in [3.63, 3.8) is 0 Å². The maximum atomic E-state index is 13.1. The Morgan fingerprint density at radius 2 is 2.05 bits per heavy atom. The Bertz CT molecular complexity index is 687. The summed E-state index contributed by atoms with van der Waals surface area (Å²) < 4.78 is 13.1. The third kappa shape index (κ3) is 4.86. The van der Waals surface area contributed by atoms with Gasteiger partial charge in [0.05, 0.1) is 6.21 Å². The molecule has 2 aromatic carbocycles. The monoisotopic (exact) mass is 320 g/mol. The highest BCUT2D eigenvalue weighted by molar-refractivity contribution is 6.30. The van der Waals surface area contributed by atoms with E-state index < -0.39 is 11.7 Å². The Balaban J connectivity index is 1.83. The van der Waals surface area contributed by atoms with Gasteiger partial charge in [-0.1, -0.05) is 35.0 Å². The summed E-state index contributed by atoms with van der Waals surface area (Å²) in [7, 11) is 0. The normalized spacial score (nSPS) is 10.7. The van der Waals surface area contributed by atoms with Crippen molar-refractivity contribution in [1.29, 1.82) is 0 Å². The third-order valence-corrected chi connectivity index (χ3v) is 3.07. The number of amides is 1. The second kappa shape index (κ2) is 7.56. The number of hydrogen-bond donors (Lipinski definition) is 1. The lowest BCUT2D eigenvalue weighted by atomic mass is 10.2. The van der Waals surface area contributed by atoms with Gasteiger partial charge in [-0.05, 0) is 42.3 Å². The Morgan fingerprint density at radius 1 is 1.32 bits per heavy atom. The Kier molecular flexibility index (Phi) is 5.49. The number of hydrogen-bond acceptors (Lipinski definition) is 3. The van der Waals surface area contributed by atoms with E-state index in [4.69, 9.17) is 16.4 Å². The van der Waals surface area contributed by atoms with Crippen LogP contribution in [0.5, 0.6) is 0 Å².